The van der Waals surface area contributed by atoms with Gasteiger partial charge in [0.2, 0.25) is 11.8 Å². The predicted octanol–water partition coefficient (Wildman–Crippen LogP) is 0.497. The molecule has 4 atom stereocenters. The van der Waals surface area contributed by atoms with Gasteiger partial charge in [-0.3, -0.25) is 9.59 Å². The maximum Gasteiger partial charge on any atom is 0.315 e. The molecule has 3 heterocycles. The summed E-state index contributed by atoms with van der Waals surface area (Å²) in [5.74, 6) is 0.870. The Morgan fingerprint density at radius 2 is 2.08 bits per heavy atom. The van der Waals surface area contributed by atoms with Crippen molar-refractivity contribution >= 4 is 29.6 Å². The lowest BCUT2D eigenvalue weighted by molar-refractivity contribution is -0.128. The summed E-state index contributed by atoms with van der Waals surface area (Å²) in [7, 11) is 0. The van der Waals surface area contributed by atoms with Crippen molar-refractivity contribution in [3.05, 3.63) is 0 Å². The van der Waals surface area contributed by atoms with Crippen LogP contribution in [-0.2, 0) is 9.59 Å². The first-order valence-electron chi connectivity index (χ1n) is 8.89. The van der Waals surface area contributed by atoms with E-state index >= 15 is 0 Å². The van der Waals surface area contributed by atoms with Crippen LogP contribution < -0.4 is 21.3 Å². The molecule has 3 fully saturated rings. The fourth-order valence-electron chi connectivity index (χ4n) is 3.62. The van der Waals surface area contributed by atoms with Crippen molar-refractivity contribution in [3.8, 4) is 0 Å². The van der Waals surface area contributed by atoms with Crippen LogP contribution in [0.4, 0.5) is 4.79 Å². The molecule has 3 saturated heterocycles. The topological polar surface area (TPSA) is 99.3 Å². The molecule has 3 aliphatic heterocycles. The minimum Gasteiger partial charge on any atom is -0.354 e. The molecule has 0 aromatic heterocycles. The Labute approximate surface area is 146 Å². The van der Waals surface area contributed by atoms with Crippen LogP contribution >= 0.6 is 11.8 Å². The van der Waals surface area contributed by atoms with E-state index < -0.39 is 0 Å². The Morgan fingerprint density at radius 1 is 1.21 bits per heavy atom. The molecule has 0 aliphatic carbocycles. The van der Waals surface area contributed by atoms with Crippen LogP contribution in [0.15, 0.2) is 0 Å². The van der Waals surface area contributed by atoms with E-state index in [0.717, 1.165) is 44.3 Å². The lowest BCUT2D eigenvalue weighted by Gasteiger charge is -2.17. The van der Waals surface area contributed by atoms with Crippen LogP contribution in [-0.4, -0.2) is 53.5 Å². The molecule has 0 saturated carbocycles. The van der Waals surface area contributed by atoms with Gasteiger partial charge >= 0.3 is 6.03 Å². The number of hydrogen-bond donors (Lipinski definition) is 4. The van der Waals surface area contributed by atoms with E-state index in [0.29, 0.717) is 18.2 Å². The number of urea groups is 1. The van der Waals surface area contributed by atoms with Crippen molar-refractivity contribution in [2.75, 3.05) is 12.3 Å². The summed E-state index contributed by atoms with van der Waals surface area (Å²) in [6.45, 7) is 0.706. The number of carbonyl (C=O) groups excluding carboxylic acids is 3. The van der Waals surface area contributed by atoms with Gasteiger partial charge in [-0.1, -0.05) is 6.42 Å². The molecule has 3 rings (SSSR count). The minimum atomic E-state index is -0.370. The Balaban J connectivity index is 1.32. The summed E-state index contributed by atoms with van der Waals surface area (Å²) in [6, 6.07) is 0.0536. The number of fused-ring (bicyclic) bond motifs is 1. The van der Waals surface area contributed by atoms with Crippen molar-refractivity contribution in [1.82, 2.24) is 21.3 Å². The minimum absolute atomic E-state index is 0.0372. The Bertz CT molecular complexity index is 502. The highest BCUT2D eigenvalue weighted by Crippen LogP contribution is 2.33. The van der Waals surface area contributed by atoms with E-state index in [-0.39, 0.29) is 36.0 Å². The Kier molecular flexibility index (Phi) is 5.86. The molecule has 3 aliphatic rings. The normalized spacial score (nSPS) is 32.3. The standard InChI is InChI=1S/C16H26N4O3S/c21-13(18-10-5-3-4-8-17-15(10)22)7-2-1-6-12-14-11(9-24-12)19-16(23)20-14/h10-12,14H,1-9H2,(H,17,22)(H,18,21)(H2,19,20,23)/t10-,11+,12+,14+/m1/s1. The molecule has 4 N–H and O–H groups in total. The summed E-state index contributed by atoms with van der Waals surface area (Å²) in [4.78, 5) is 35.2. The third kappa shape index (κ3) is 4.34. The molecule has 7 nitrogen and oxygen atoms in total. The number of thioether (sulfide) groups is 1. The van der Waals surface area contributed by atoms with E-state index in [1.54, 1.807) is 0 Å². The molecule has 0 aromatic carbocycles. The molecule has 0 bridgehead atoms. The second kappa shape index (κ2) is 8.09. The Hall–Kier alpha value is -1.44. The van der Waals surface area contributed by atoms with Gasteiger partial charge in [-0.25, -0.2) is 4.79 Å². The molecule has 4 amide bonds. The maximum atomic E-state index is 12.0. The number of hydrogen-bond acceptors (Lipinski definition) is 4. The highest BCUT2D eigenvalue weighted by Gasteiger charge is 2.42. The predicted molar refractivity (Wildman–Crippen MR) is 92.7 cm³/mol. The molecule has 134 valence electrons. The summed E-state index contributed by atoms with van der Waals surface area (Å²) in [5, 5.41) is 12.0. The summed E-state index contributed by atoms with van der Waals surface area (Å²) < 4.78 is 0. The lowest BCUT2D eigenvalue weighted by Crippen LogP contribution is -2.45. The third-order valence-electron chi connectivity index (χ3n) is 4.95. The van der Waals surface area contributed by atoms with Gasteiger partial charge in [-0.2, -0.15) is 11.8 Å². The number of unbranched alkanes of at least 4 members (excludes halogenated alkanes) is 1. The van der Waals surface area contributed by atoms with Crippen LogP contribution in [0.2, 0.25) is 0 Å². The second-order valence-corrected chi connectivity index (χ2v) is 8.05. The van der Waals surface area contributed by atoms with Crippen molar-refractivity contribution in [2.45, 2.75) is 68.3 Å². The van der Waals surface area contributed by atoms with Crippen molar-refractivity contribution in [3.63, 3.8) is 0 Å². The van der Waals surface area contributed by atoms with Gasteiger partial charge in [0.15, 0.2) is 0 Å². The van der Waals surface area contributed by atoms with E-state index in [4.69, 9.17) is 0 Å². The first-order chi connectivity index (χ1) is 11.6. The monoisotopic (exact) mass is 354 g/mol. The van der Waals surface area contributed by atoms with E-state index in [1.165, 1.54) is 0 Å². The zero-order valence-corrected chi connectivity index (χ0v) is 14.6. The molecular weight excluding hydrogens is 328 g/mol. The fourth-order valence-corrected chi connectivity index (χ4v) is 5.16. The second-order valence-electron chi connectivity index (χ2n) is 6.77. The highest BCUT2D eigenvalue weighted by atomic mass is 32.2. The first-order valence-corrected chi connectivity index (χ1v) is 9.94. The number of nitrogens with one attached hydrogen (secondary N) is 4. The largest absolute Gasteiger partial charge is 0.354 e. The third-order valence-corrected chi connectivity index (χ3v) is 6.46. The number of carbonyl (C=O) groups is 3. The van der Waals surface area contributed by atoms with Crippen LogP contribution in [0.1, 0.15) is 44.9 Å². The highest BCUT2D eigenvalue weighted by molar-refractivity contribution is 8.00. The van der Waals surface area contributed by atoms with Crippen LogP contribution in [0.3, 0.4) is 0 Å². The van der Waals surface area contributed by atoms with E-state index in [1.807, 2.05) is 11.8 Å². The van der Waals surface area contributed by atoms with Crippen LogP contribution in [0.5, 0.6) is 0 Å². The van der Waals surface area contributed by atoms with Crippen LogP contribution in [0, 0.1) is 0 Å². The molecule has 0 unspecified atom stereocenters. The summed E-state index contributed by atoms with van der Waals surface area (Å²) in [5.41, 5.74) is 0. The maximum absolute atomic E-state index is 12.0. The molecule has 0 aromatic rings. The van der Waals surface area contributed by atoms with Gasteiger partial charge in [0.1, 0.15) is 6.04 Å². The van der Waals surface area contributed by atoms with Crippen molar-refractivity contribution < 1.29 is 14.4 Å². The SMILES string of the molecule is O=C(CCCC[C@@H]1SC[C@@H]2NC(=O)N[C@@H]21)N[C@@H]1CCCCNC1=O. The van der Waals surface area contributed by atoms with Gasteiger partial charge in [0.25, 0.3) is 0 Å². The summed E-state index contributed by atoms with van der Waals surface area (Å²) in [6.07, 6.45) is 5.91. The summed E-state index contributed by atoms with van der Waals surface area (Å²) >= 11 is 1.90. The van der Waals surface area contributed by atoms with Gasteiger partial charge in [0.05, 0.1) is 12.1 Å². The van der Waals surface area contributed by atoms with E-state index in [9.17, 15) is 14.4 Å². The Morgan fingerprint density at radius 3 is 2.96 bits per heavy atom. The molecular formula is C16H26N4O3S. The van der Waals surface area contributed by atoms with Gasteiger partial charge in [0, 0.05) is 24.0 Å². The lowest BCUT2D eigenvalue weighted by atomic mass is 10.0. The van der Waals surface area contributed by atoms with E-state index in [2.05, 4.69) is 21.3 Å². The molecule has 0 spiro atoms. The number of amides is 4. The quantitative estimate of drug-likeness (QED) is 0.412. The van der Waals surface area contributed by atoms with Gasteiger partial charge in [-0.05, 0) is 32.1 Å². The first kappa shape index (κ1) is 17.4. The fraction of sp³-hybridized carbons (Fsp3) is 0.812. The molecule has 24 heavy (non-hydrogen) atoms. The van der Waals surface area contributed by atoms with Crippen molar-refractivity contribution in [1.29, 1.82) is 0 Å². The van der Waals surface area contributed by atoms with Gasteiger partial charge in [-0.15, -0.1) is 0 Å². The zero-order chi connectivity index (χ0) is 16.9. The van der Waals surface area contributed by atoms with Gasteiger partial charge < -0.3 is 21.3 Å². The average molecular weight is 354 g/mol. The average Bonchev–Trinajstić information content (AvgIpc) is 3.02. The van der Waals surface area contributed by atoms with Crippen LogP contribution in [0.25, 0.3) is 0 Å². The smallest absolute Gasteiger partial charge is 0.315 e. The molecule has 0 radical (unpaired) electrons. The number of rotatable bonds is 6. The molecule has 8 heteroatoms. The zero-order valence-electron chi connectivity index (χ0n) is 13.8. The van der Waals surface area contributed by atoms with Crippen molar-refractivity contribution in [2.24, 2.45) is 0 Å².